The quantitative estimate of drug-likeness (QED) is 0.191. The van der Waals surface area contributed by atoms with Gasteiger partial charge in [0.15, 0.2) is 11.5 Å². The Bertz CT molecular complexity index is 1640. The zero-order valence-electron chi connectivity index (χ0n) is 21.9. The highest BCUT2D eigenvalue weighted by Gasteiger charge is 2.37. The monoisotopic (exact) mass is 578 g/mol. The Hall–Kier alpha value is -5.24. The molecule has 0 radical (unpaired) electrons. The molecule has 1 fully saturated rings. The lowest BCUT2D eigenvalue weighted by atomic mass is 10.1. The van der Waals surface area contributed by atoms with Crippen LogP contribution in [0.5, 0.6) is 17.2 Å². The van der Waals surface area contributed by atoms with E-state index in [9.17, 15) is 34.6 Å². The molecule has 210 valence electrons. The van der Waals surface area contributed by atoms with Gasteiger partial charge in [-0.1, -0.05) is 24.3 Å². The van der Waals surface area contributed by atoms with Crippen LogP contribution >= 0.6 is 11.8 Å². The average Bonchev–Trinajstić information content (AvgIpc) is 3.19. The Morgan fingerprint density at radius 3 is 2.44 bits per heavy atom. The third-order valence-electron chi connectivity index (χ3n) is 6.13. The van der Waals surface area contributed by atoms with Crippen LogP contribution < -0.4 is 14.8 Å². The van der Waals surface area contributed by atoms with Crippen molar-refractivity contribution in [3.05, 3.63) is 96.4 Å². The number of nitro benzene ring substituents is 2. The number of carbonyl (C=O) groups is 3. The number of imide groups is 1. The number of non-ortho nitro benzene ring substituents is 1. The molecule has 0 unspecified atom stereocenters. The second-order valence-corrected chi connectivity index (χ2v) is 9.70. The summed E-state index contributed by atoms with van der Waals surface area (Å²) >= 11 is 0.611. The van der Waals surface area contributed by atoms with E-state index >= 15 is 0 Å². The third kappa shape index (κ3) is 6.17. The summed E-state index contributed by atoms with van der Waals surface area (Å²) < 4.78 is 11.1. The first-order valence-electron chi connectivity index (χ1n) is 11.9. The van der Waals surface area contributed by atoms with Crippen LogP contribution in [0.15, 0.2) is 59.5 Å². The molecule has 41 heavy (non-hydrogen) atoms. The van der Waals surface area contributed by atoms with Gasteiger partial charge in [0.2, 0.25) is 11.7 Å². The number of nitrogens with one attached hydrogen (secondary N) is 1. The minimum absolute atomic E-state index is 0.0224. The molecule has 4 rings (SSSR count). The lowest BCUT2D eigenvalue weighted by Crippen LogP contribution is -2.36. The Morgan fingerprint density at radius 2 is 1.76 bits per heavy atom. The lowest BCUT2D eigenvalue weighted by Gasteiger charge is -2.15. The van der Waals surface area contributed by atoms with Gasteiger partial charge in [0.1, 0.15) is 6.54 Å². The van der Waals surface area contributed by atoms with E-state index in [-0.39, 0.29) is 27.7 Å². The van der Waals surface area contributed by atoms with Gasteiger partial charge in [-0.25, -0.2) is 0 Å². The number of anilines is 1. The van der Waals surface area contributed by atoms with Gasteiger partial charge in [-0.2, -0.15) is 0 Å². The summed E-state index contributed by atoms with van der Waals surface area (Å²) in [7, 11) is 1.33. The number of ether oxygens (including phenoxy) is 2. The molecule has 1 saturated heterocycles. The minimum atomic E-state index is -0.827. The van der Waals surface area contributed by atoms with Gasteiger partial charge < -0.3 is 14.8 Å². The molecular formula is C27H22N4O9S. The van der Waals surface area contributed by atoms with Gasteiger partial charge in [-0.15, -0.1) is 0 Å². The van der Waals surface area contributed by atoms with Crippen molar-refractivity contribution in [3.8, 4) is 17.2 Å². The Kier molecular flexibility index (Phi) is 8.33. The molecule has 14 heteroatoms. The number of nitrogens with zero attached hydrogens (tertiary/aromatic N) is 3. The number of carbonyl (C=O) groups excluding carboxylic acids is 3. The normalized spacial score (nSPS) is 13.8. The predicted molar refractivity (Wildman–Crippen MR) is 150 cm³/mol. The molecule has 0 saturated carbocycles. The summed E-state index contributed by atoms with van der Waals surface area (Å²) in [6.45, 7) is 3.22. The second-order valence-electron chi connectivity index (χ2n) is 8.71. The molecule has 0 atom stereocenters. The maximum absolute atomic E-state index is 13.1. The van der Waals surface area contributed by atoms with Gasteiger partial charge in [0.05, 0.1) is 27.9 Å². The number of thioether (sulfide) groups is 1. The SMILES string of the molecule is COc1cccc(/C=C2/SC(=O)N(CC(=O)Nc3cccc(C)c3C)C2=O)c1Oc1ccc([N+](=O)[O-])cc1[N+](=O)[O-]. The van der Waals surface area contributed by atoms with Crippen LogP contribution in [0.2, 0.25) is 0 Å². The Labute approximate surface area is 237 Å². The molecule has 0 bridgehead atoms. The van der Waals surface area contributed by atoms with Crippen molar-refractivity contribution in [1.29, 1.82) is 0 Å². The second kappa shape index (κ2) is 11.9. The van der Waals surface area contributed by atoms with Gasteiger partial charge in [-0.3, -0.25) is 39.5 Å². The number of methoxy groups -OCH3 is 1. The van der Waals surface area contributed by atoms with Crippen molar-refractivity contribution in [2.75, 3.05) is 19.0 Å². The zero-order valence-corrected chi connectivity index (χ0v) is 22.7. The Morgan fingerprint density at radius 1 is 1.02 bits per heavy atom. The fourth-order valence-electron chi connectivity index (χ4n) is 3.87. The molecule has 1 aliphatic heterocycles. The molecule has 3 aromatic carbocycles. The number of rotatable bonds is 9. The number of hydrogen-bond donors (Lipinski definition) is 1. The van der Waals surface area contributed by atoms with Gasteiger partial charge in [-0.05, 0) is 61.0 Å². The first-order chi connectivity index (χ1) is 19.5. The van der Waals surface area contributed by atoms with Crippen LogP contribution in [-0.2, 0) is 9.59 Å². The van der Waals surface area contributed by atoms with Crippen LogP contribution in [0, 0.1) is 34.1 Å². The van der Waals surface area contributed by atoms with Gasteiger partial charge >= 0.3 is 5.69 Å². The molecular weight excluding hydrogens is 556 g/mol. The van der Waals surface area contributed by atoms with Crippen LogP contribution in [0.4, 0.5) is 21.9 Å². The molecule has 0 aromatic heterocycles. The maximum Gasteiger partial charge on any atom is 0.318 e. The van der Waals surface area contributed by atoms with Crippen LogP contribution in [-0.4, -0.2) is 45.5 Å². The smallest absolute Gasteiger partial charge is 0.318 e. The molecule has 1 N–H and O–H groups in total. The van der Waals surface area contributed by atoms with E-state index in [1.54, 1.807) is 18.2 Å². The van der Waals surface area contributed by atoms with E-state index in [4.69, 9.17) is 9.47 Å². The molecule has 0 spiro atoms. The minimum Gasteiger partial charge on any atom is -0.493 e. The summed E-state index contributed by atoms with van der Waals surface area (Å²) in [5.74, 6) is -1.48. The summed E-state index contributed by atoms with van der Waals surface area (Å²) in [6.07, 6.45) is 1.34. The van der Waals surface area contributed by atoms with Crippen LogP contribution in [0.1, 0.15) is 16.7 Å². The lowest BCUT2D eigenvalue weighted by molar-refractivity contribution is -0.394. The summed E-state index contributed by atoms with van der Waals surface area (Å²) in [5, 5.41) is 24.7. The fraction of sp³-hybridized carbons (Fsp3) is 0.148. The highest BCUT2D eigenvalue weighted by molar-refractivity contribution is 8.18. The van der Waals surface area contributed by atoms with Crippen molar-refractivity contribution in [3.63, 3.8) is 0 Å². The van der Waals surface area contributed by atoms with E-state index in [2.05, 4.69) is 5.32 Å². The molecule has 3 amide bonds. The molecule has 1 heterocycles. The van der Waals surface area contributed by atoms with E-state index in [0.29, 0.717) is 17.4 Å². The molecule has 0 aliphatic carbocycles. The van der Waals surface area contributed by atoms with E-state index in [1.807, 2.05) is 19.9 Å². The average molecular weight is 579 g/mol. The number of amides is 3. The highest BCUT2D eigenvalue weighted by atomic mass is 32.2. The third-order valence-corrected chi connectivity index (χ3v) is 7.04. The topological polar surface area (TPSA) is 171 Å². The summed E-state index contributed by atoms with van der Waals surface area (Å²) in [4.78, 5) is 60.3. The van der Waals surface area contributed by atoms with E-state index in [0.717, 1.165) is 34.2 Å². The number of nitro groups is 2. The van der Waals surface area contributed by atoms with Crippen molar-refractivity contribution >= 4 is 52.0 Å². The standard InChI is InChI=1S/C27H22N4O9S/c1-15-6-4-8-19(16(15)2)28-24(32)14-29-26(33)23(41-27(29)34)12-17-7-5-9-22(39-3)25(17)40-21-11-10-18(30(35)36)13-20(21)31(37)38/h4-13H,14H2,1-3H3,(H,28,32)/b23-12+. The van der Waals surface area contributed by atoms with Gasteiger partial charge in [0, 0.05) is 17.3 Å². The van der Waals surface area contributed by atoms with Crippen LogP contribution in [0.25, 0.3) is 6.08 Å². The first-order valence-corrected chi connectivity index (χ1v) is 12.7. The number of para-hydroxylation sites is 1. The fourth-order valence-corrected chi connectivity index (χ4v) is 4.70. The maximum atomic E-state index is 13.1. The number of hydrogen-bond acceptors (Lipinski definition) is 10. The zero-order chi connectivity index (χ0) is 29.8. The summed E-state index contributed by atoms with van der Waals surface area (Å²) in [6, 6.07) is 12.9. The molecule has 13 nitrogen and oxygen atoms in total. The summed E-state index contributed by atoms with van der Waals surface area (Å²) in [5.41, 5.74) is 1.45. The number of benzene rings is 3. The molecule has 1 aliphatic rings. The van der Waals surface area contributed by atoms with Gasteiger partial charge in [0.25, 0.3) is 16.8 Å². The van der Waals surface area contributed by atoms with Crippen molar-refractivity contribution in [1.82, 2.24) is 4.90 Å². The molecule has 3 aromatic rings. The predicted octanol–water partition coefficient (Wildman–Crippen LogP) is 5.60. The first kappa shape index (κ1) is 28.8. The Balaban J connectivity index is 1.62. The van der Waals surface area contributed by atoms with Crippen LogP contribution in [0.3, 0.4) is 0 Å². The van der Waals surface area contributed by atoms with Crippen molar-refractivity contribution < 1.29 is 33.7 Å². The van der Waals surface area contributed by atoms with Crippen molar-refractivity contribution in [2.24, 2.45) is 0 Å². The van der Waals surface area contributed by atoms with Crippen molar-refractivity contribution in [2.45, 2.75) is 13.8 Å². The highest BCUT2D eigenvalue weighted by Crippen LogP contribution is 2.42. The van der Waals surface area contributed by atoms with E-state index in [1.165, 1.54) is 25.3 Å². The van der Waals surface area contributed by atoms with E-state index < -0.39 is 44.8 Å². The number of aryl methyl sites for hydroxylation is 1. The largest absolute Gasteiger partial charge is 0.493 e.